The van der Waals surface area contributed by atoms with Gasteiger partial charge in [0.25, 0.3) is 5.91 Å². The zero-order valence-corrected chi connectivity index (χ0v) is 18.2. The lowest BCUT2D eigenvalue weighted by Crippen LogP contribution is -2.63. The number of amides is 2. The summed E-state index contributed by atoms with van der Waals surface area (Å²) in [6.45, 7) is 2.48. The molecular formula is C23H29N5O4. The Labute approximate surface area is 186 Å². The fourth-order valence-electron chi connectivity index (χ4n) is 4.57. The molecule has 0 radical (unpaired) electrons. The molecule has 32 heavy (non-hydrogen) atoms. The lowest BCUT2D eigenvalue weighted by molar-refractivity contribution is -0.133. The van der Waals surface area contributed by atoms with Crippen molar-refractivity contribution in [3.05, 3.63) is 41.8 Å². The Hall–Kier alpha value is -3.36. The summed E-state index contributed by atoms with van der Waals surface area (Å²) in [7, 11) is 0. The number of nitrogens with one attached hydrogen (secondary N) is 2. The summed E-state index contributed by atoms with van der Waals surface area (Å²) < 4.78 is 4.99. The van der Waals surface area contributed by atoms with Gasteiger partial charge in [0.05, 0.1) is 24.0 Å². The van der Waals surface area contributed by atoms with Gasteiger partial charge in [0.15, 0.2) is 11.5 Å². The second-order valence-electron chi connectivity index (χ2n) is 8.68. The molecule has 2 amide bonds. The molecule has 1 aromatic heterocycles. The van der Waals surface area contributed by atoms with Crippen LogP contribution in [0.4, 0.5) is 11.4 Å². The normalized spacial score (nSPS) is 20.6. The van der Waals surface area contributed by atoms with E-state index in [0.29, 0.717) is 37.3 Å². The van der Waals surface area contributed by atoms with Crippen LogP contribution in [0.15, 0.2) is 34.9 Å². The number of nitrogens with zero attached hydrogens (tertiary/aromatic N) is 2. The number of aryl methyl sites for hydroxylation is 1. The molecule has 1 atom stereocenters. The van der Waals surface area contributed by atoms with Gasteiger partial charge in [-0.3, -0.25) is 14.4 Å². The quantitative estimate of drug-likeness (QED) is 0.607. The fourth-order valence-corrected chi connectivity index (χ4v) is 4.57. The molecule has 2 fully saturated rings. The number of hydrogen-bond acceptors (Lipinski definition) is 7. The lowest BCUT2D eigenvalue weighted by Gasteiger charge is -2.39. The van der Waals surface area contributed by atoms with E-state index >= 15 is 0 Å². The number of nitrogens with two attached hydrogens (primary N) is 1. The van der Waals surface area contributed by atoms with Crippen molar-refractivity contribution in [2.24, 2.45) is 0 Å². The Morgan fingerprint density at radius 1 is 1.22 bits per heavy atom. The van der Waals surface area contributed by atoms with E-state index in [4.69, 9.17) is 10.3 Å². The van der Waals surface area contributed by atoms with Crippen molar-refractivity contribution >= 4 is 29.0 Å². The van der Waals surface area contributed by atoms with Crippen LogP contribution < -0.4 is 21.3 Å². The summed E-state index contributed by atoms with van der Waals surface area (Å²) in [6, 6.07) is 8.38. The summed E-state index contributed by atoms with van der Waals surface area (Å²) in [5.74, 6) is -0.303. The monoisotopic (exact) mass is 439 g/mol. The molecule has 1 aromatic carbocycles. The Morgan fingerprint density at radius 3 is 2.62 bits per heavy atom. The third-order valence-electron chi connectivity index (χ3n) is 6.36. The molecule has 2 aromatic rings. The van der Waals surface area contributed by atoms with E-state index in [1.165, 1.54) is 6.07 Å². The Bertz CT molecular complexity index is 1010. The van der Waals surface area contributed by atoms with Gasteiger partial charge in [-0.05, 0) is 38.3 Å². The minimum absolute atomic E-state index is 0.0720. The largest absolute Gasteiger partial charge is 0.397 e. The predicted octanol–water partition coefficient (Wildman–Crippen LogP) is 1.96. The maximum atomic E-state index is 13.4. The Morgan fingerprint density at radius 2 is 1.97 bits per heavy atom. The predicted molar refractivity (Wildman–Crippen MR) is 119 cm³/mol. The van der Waals surface area contributed by atoms with Crippen LogP contribution in [0.5, 0.6) is 0 Å². The number of hydrogen-bond donors (Lipinski definition) is 3. The van der Waals surface area contributed by atoms with Crippen LogP contribution in [0, 0.1) is 6.92 Å². The molecule has 1 saturated heterocycles. The Balaban J connectivity index is 1.44. The second-order valence-corrected chi connectivity index (χ2v) is 8.68. The SMILES string of the molecule is Cc1cc(C(=O)NC2(C(=O)NC3CCN(c4ccccc4N)CC3=O)CCCCC2)no1. The summed E-state index contributed by atoms with van der Waals surface area (Å²) in [5.41, 5.74) is 6.58. The maximum Gasteiger partial charge on any atom is 0.274 e. The number of rotatable bonds is 5. The molecule has 4 N–H and O–H groups in total. The van der Waals surface area contributed by atoms with Crippen molar-refractivity contribution in [2.45, 2.75) is 57.0 Å². The Kier molecular flexibility index (Phi) is 6.16. The lowest BCUT2D eigenvalue weighted by atomic mass is 9.80. The molecule has 2 heterocycles. The number of carbonyl (C=O) groups is 3. The van der Waals surface area contributed by atoms with Crippen molar-refractivity contribution in [1.29, 1.82) is 0 Å². The van der Waals surface area contributed by atoms with Crippen molar-refractivity contribution in [2.75, 3.05) is 23.7 Å². The van der Waals surface area contributed by atoms with Crippen LogP contribution in [0.3, 0.4) is 0 Å². The molecule has 0 bridgehead atoms. The summed E-state index contributed by atoms with van der Waals surface area (Å²) >= 11 is 0. The van der Waals surface area contributed by atoms with E-state index in [-0.39, 0.29) is 23.9 Å². The number of aromatic nitrogens is 1. The minimum atomic E-state index is -1.05. The average Bonchev–Trinajstić information content (AvgIpc) is 3.22. The van der Waals surface area contributed by atoms with Crippen molar-refractivity contribution < 1.29 is 18.9 Å². The number of ketones is 1. The topological polar surface area (TPSA) is 131 Å². The van der Waals surface area contributed by atoms with Crippen molar-refractivity contribution in [1.82, 2.24) is 15.8 Å². The van der Waals surface area contributed by atoms with E-state index in [1.54, 1.807) is 13.0 Å². The number of anilines is 2. The van der Waals surface area contributed by atoms with E-state index in [0.717, 1.165) is 24.9 Å². The van der Waals surface area contributed by atoms with Crippen LogP contribution in [0.25, 0.3) is 0 Å². The molecule has 4 rings (SSSR count). The number of benzene rings is 1. The summed E-state index contributed by atoms with van der Waals surface area (Å²) in [6.07, 6.45) is 4.18. The van der Waals surface area contributed by atoms with Crippen LogP contribution in [-0.4, -0.2) is 47.4 Å². The van der Waals surface area contributed by atoms with Gasteiger partial charge in [-0.1, -0.05) is 36.6 Å². The number of carbonyl (C=O) groups excluding carboxylic acids is 3. The molecule has 1 aliphatic heterocycles. The first-order valence-corrected chi connectivity index (χ1v) is 11.1. The molecule has 0 spiro atoms. The van der Waals surface area contributed by atoms with Crippen LogP contribution >= 0.6 is 0 Å². The number of piperidine rings is 1. The standard InChI is InChI=1S/C23H29N5O4/c1-15-13-18(27-32-15)21(30)26-23(10-5-2-6-11-23)22(31)25-17-9-12-28(14-20(17)29)19-8-4-3-7-16(19)24/h3-4,7-8,13,17H,2,5-6,9-12,14,24H2,1H3,(H,25,31)(H,26,30). The summed E-state index contributed by atoms with van der Waals surface area (Å²) in [5, 5.41) is 9.57. The first kappa shape index (κ1) is 21.9. The molecule has 1 aliphatic carbocycles. The highest BCUT2D eigenvalue weighted by molar-refractivity contribution is 6.00. The molecule has 9 nitrogen and oxygen atoms in total. The van der Waals surface area contributed by atoms with Gasteiger partial charge in [0, 0.05) is 12.6 Å². The highest BCUT2D eigenvalue weighted by Gasteiger charge is 2.43. The number of Topliss-reactive ketones (excluding diaryl/α,β-unsaturated/α-hetero) is 1. The second kappa shape index (κ2) is 9.02. The van der Waals surface area contributed by atoms with Crippen molar-refractivity contribution in [3.8, 4) is 0 Å². The number of para-hydroxylation sites is 2. The highest BCUT2D eigenvalue weighted by atomic mass is 16.5. The molecule has 9 heteroatoms. The highest BCUT2D eigenvalue weighted by Crippen LogP contribution is 2.30. The van der Waals surface area contributed by atoms with Gasteiger partial charge in [0.2, 0.25) is 5.91 Å². The third kappa shape index (κ3) is 4.46. The maximum absolute atomic E-state index is 13.4. The summed E-state index contributed by atoms with van der Waals surface area (Å²) in [4.78, 5) is 40.9. The first-order valence-electron chi connectivity index (χ1n) is 11.1. The van der Waals surface area contributed by atoms with Gasteiger partial charge in [-0.25, -0.2) is 0 Å². The zero-order valence-electron chi connectivity index (χ0n) is 18.2. The van der Waals surface area contributed by atoms with Gasteiger partial charge in [-0.2, -0.15) is 0 Å². The number of nitrogen functional groups attached to an aromatic ring is 1. The smallest absolute Gasteiger partial charge is 0.274 e. The molecule has 2 aliphatic rings. The first-order chi connectivity index (χ1) is 15.4. The van der Waals surface area contributed by atoms with Gasteiger partial charge in [-0.15, -0.1) is 0 Å². The third-order valence-corrected chi connectivity index (χ3v) is 6.36. The van der Waals surface area contributed by atoms with Gasteiger partial charge < -0.3 is 25.8 Å². The minimum Gasteiger partial charge on any atom is -0.397 e. The van der Waals surface area contributed by atoms with E-state index in [1.807, 2.05) is 23.1 Å². The molecule has 1 unspecified atom stereocenters. The van der Waals surface area contributed by atoms with Crippen LogP contribution in [0.2, 0.25) is 0 Å². The van der Waals surface area contributed by atoms with E-state index in [2.05, 4.69) is 15.8 Å². The van der Waals surface area contributed by atoms with Gasteiger partial charge in [0.1, 0.15) is 11.3 Å². The van der Waals surface area contributed by atoms with Crippen molar-refractivity contribution in [3.63, 3.8) is 0 Å². The van der Waals surface area contributed by atoms with Gasteiger partial charge >= 0.3 is 0 Å². The molecule has 170 valence electrons. The fraction of sp³-hybridized carbons (Fsp3) is 0.478. The van der Waals surface area contributed by atoms with E-state index < -0.39 is 17.5 Å². The zero-order chi connectivity index (χ0) is 22.7. The van der Waals surface area contributed by atoms with Crippen LogP contribution in [0.1, 0.15) is 54.8 Å². The van der Waals surface area contributed by atoms with Crippen LogP contribution in [-0.2, 0) is 9.59 Å². The van der Waals surface area contributed by atoms with E-state index in [9.17, 15) is 14.4 Å². The average molecular weight is 440 g/mol. The molecular weight excluding hydrogens is 410 g/mol. The molecule has 1 saturated carbocycles.